The van der Waals surface area contributed by atoms with Gasteiger partial charge in [0.1, 0.15) is 13.2 Å². The van der Waals surface area contributed by atoms with Crippen molar-refractivity contribution in [2.75, 3.05) is 13.2 Å². The van der Waals surface area contributed by atoms with Crippen LogP contribution in [-0.4, -0.2) is 37.2 Å². The lowest BCUT2D eigenvalue weighted by molar-refractivity contribution is -0.167. The lowest BCUT2D eigenvalue weighted by Gasteiger charge is -2.18. The summed E-state index contributed by atoms with van der Waals surface area (Å²) in [4.78, 5) is 38.3. The summed E-state index contributed by atoms with van der Waals surface area (Å²) in [6.45, 7) is 6.67. The van der Waals surface area contributed by atoms with Crippen molar-refractivity contribution in [1.82, 2.24) is 0 Å². The number of hydrogen-bond donors (Lipinski definition) is 0. The summed E-state index contributed by atoms with van der Waals surface area (Å²) in [7, 11) is 0. The number of rotatable bonds is 59. The van der Waals surface area contributed by atoms with E-state index in [0.29, 0.717) is 19.3 Å². The Balaban J connectivity index is 4.34. The Bertz CT molecular complexity index is 1210. The molecule has 1 unspecified atom stereocenters. The minimum absolute atomic E-state index is 0.0704. The van der Waals surface area contributed by atoms with E-state index in [-0.39, 0.29) is 31.1 Å². The van der Waals surface area contributed by atoms with Crippen LogP contribution in [0.5, 0.6) is 0 Å². The normalized spacial score (nSPS) is 12.2. The van der Waals surface area contributed by atoms with Gasteiger partial charge in [0.25, 0.3) is 0 Å². The summed E-state index contributed by atoms with van der Waals surface area (Å²) in [5.74, 6) is -0.854. The maximum atomic E-state index is 12.9. The first-order chi connectivity index (χ1) is 35.5. The molecule has 0 saturated carbocycles. The van der Waals surface area contributed by atoms with Crippen LogP contribution in [-0.2, 0) is 28.6 Å². The molecule has 1 atom stereocenters. The second-order valence-corrected chi connectivity index (χ2v) is 21.7. The molecule has 6 nitrogen and oxygen atoms in total. The molecule has 0 radical (unpaired) electrons. The average Bonchev–Trinajstić information content (AvgIpc) is 3.38. The van der Waals surface area contributed by atoms with E-state index in [1.807, 2.05) is 0 Å². The molecule has 0 bridgehead atoms. The minimum Gasteiger partial charge on any atom is -0.462 e. The van der Waals surface area contributed by atoms with Crippen LogP contribution in [0.15, 0.2) is 36.5 Å². The molecule has 0 aliphatic rings. The summed E-state index contributed by atoms with van der Waals surface area (Å²) in [5.41, 5.74) is 0. The van der Waals surface area contributed by atoms with E-state index in [9.17, 15) is 14.4 Å². The number of esters is 3. The van der Waals surface area contributed by atoms with E-state index in [1.54, 1.807) is 0 Å². The number of allylic oxidation sites excluding steroid dienone is 6. The van der Waals surface area contributed by atoms with Crippen LogP contribution in [0.25, 0.3) is 0 Å². The molecule has 0 aliphatic heterocycles. The predicted octanol–water partition coefficient (Wildman–Crippen LogP) is 21.6. The van der Waals surface area contributed by atoms with Gasteiger partial charge in [0, 0.05) is 19.3 Å². The van der Waals surface area contributed by atoms with Crippen molar-refractivity contribution in [2.24, 2.45) is 0 Å². The van der Waals surface area contributed by atoms with E-state index in [2.05, 4.69) is 57.2 Å². The first-order valence-corrected chi connectivity index (χ1v) is 32.0. The summed E-state index contributed by atoms with van der Waals surface area (Å²) in [6, 6.07) is 0. The highest BCUT2D eigenvalue weighted by Gasteiger charge is 2.19. The molecule has 0 aromatic carbocycles. The summed E-state index contributed by atoms with van der Waals surface area (Å²) < 4.78 is 16.9. The second-order valence-electron chi connectivity index (χ2n) is 21.7. The molecule has 422 valence electrons. The van der Waals surface area contributed by atoms with Gasteiger partial charge in [0.15, 0.2) is 6.10 Å². The van der Waals surface area contributed by atoms with Crippen molar-refractivity contribution in [3.05, 3.63) is 36.5 Å². The molecule has 72 heavy (non-hydrogen) atoms. The number of carbonyl (C=O) groups is 3. The molecule has 0 amide bonds. The third-order valence-corrected chi connectivity index (χ3v) is 14.4. The highest BCUT2D eigenvalue weighted by atomic mass is 16.6. The minimum atomic E-state index is -0.774. The highest BCUT2D eigenvalue weighted by Crippen LogP contribution is 2.17. The zero-order valence-corrected chi connectivity index (χ0v) is 48.5. The zero-order valence-electron chi connectivity index (χ0n) is 48.5. The van der Waals surface area contributed by atoms with Crippen LogP contribution >= 0.6 is 0 Å². The van der Waals surface area contributed by atoms with Crippen molar-refractivity contribution >= 4 is 17.9 Å². The van der Waals surface area contributed by atoms with Gasteiger partial charge in [0.2, 0.25) is 0 Å². The fourth-order valence-corrected chi connectivity index (χ4v) is 9.55. The van der Waals surface area contributed by atoms with Crippen LogP contribution in [0, 0.1) is 0 Å². The molecule has 0 N–H and O–H groups in total. The van der Waals surface area contributed by atoms with E-state index in [0.717, 1.165) is 57.8 Å². The molecule has 0 rings (SSSR count). The first-order valence-electron chi connectivity index (χ1n) is 32.0. The van der Waals surface area contributed by atoms with E-state index in [4.69, 9.17) is 14.2 Å². The van der Waals surface area contributed by atoms with Crippen molar-refractivity contribution in [3.63, 3.8) is 0 Å². The monoisotopic (exact) mass is 1010 g/mol. The van der Waals surface area contributed by atoms with Crippen LogP contribution in [0.2, 0.25) is 0 Å². The summed E-state index contributed by atoms with van der Waals surface area (Å²) in [6.07, 6.45) is 74.3. The number of ether oxygens (including phenoxy) is 3. The van der Waals surface area contributed by atoms with Gasteiger partial charge in [-0.25, -0.2) is 0 Å². The lowest BCUT2D eigenvalue weighted by Crippen LogP contribution is -2.30. The third-order valence-electron chi connectivity index (χ3n) is 14.4. The molecule has 0 aliphatic carbocycles. The van der Waals surface area contributed by atoms with E-state index >= 15 is 0 Å². The zero-order chi connectivity index (χ0) is 52.2. The topological polar surface area (TPSA) is 78.9 Å². The Morgan fingerprint density at radius 3 is 0.806 bits per heavy atom. The van der Waals surface area contributed by atoms with Gasteiger partial charge in [0.05, 0.1) is 0 Å². The van der Waals surface area contributed by atoms with Crippen LogP contribution in [0.1, 0.15) is 348 Å². The molecule has 0 aromatic heterocycles. The quantitative estimate of drug-likeness (QED) is 0.0199. The predicted molar refractivity (Wildman–Crippen MR) is 312 cm³/mol. The number of hydrogen-bond acceptors (Lipinski definition) is 6. The van der Waals surface area contributed by atoms with Gasteiger partial charge >= 0.3 is 17.9 Å². The Labute approximate surface area is 448 Å². The van der Waals surface area contributed by atoms with Gasteiger partial charge in [-0.05, 0) is 70.6 Å². The Hall–Kier alpha value is -2.37. The third kappa shape index (κ3) is 58.5. The molecule has 0 heterocycles. The fraction of sp³-hybridized carbons (Fsp3) is 0.864. The molecule has 0 saturated heterocycles. The fourth-order valence-electron chi connectivity index (χ4n) is 9.55. The largest absolute Gasteiger partial charge is 0.462 e. The highest BCUT2D eigenvalue weighted by molar-refractivity contribution is 5.71. The molecule has 0 fully saturated rings. The SMILES string of the molecule is CCCCC/C=C\C=C/CCCCCCCCCCCCC(=O)OCC(COC(=O)CCCCCCCCCCCCCCCCCC)OC(=O)CCCCCCCCC/C=C\CCCCCCCCCC. The number of unbranched alkanes of at least 4 members (excludes halogenated alkanes) is 43. The van der Waals surface area contributed by atoms with Gasteiger partial charge in [-0.1, -0.05) is 295 Å². The second kappa shape index (κ2) is 61.2. The van der Waals surface area contributed by atoms with Crippen molar-refractivity contribution in [3.8, 4) is 0 Å². The van der Waals surface area contributed by atoms with Gasteiger partial charge in [-0.2, -0.15) is 0 Å². The lowest BCUT2D eigenvalue weighted by atomic mass is 10.0. The van der Waals surface area contributed by atoms with E-state index < -0.39 is 6.10 Å². The van der Waals surface area contributed by atoms with Crippen LogP contribution < -0.4 is 0 Å². The maximum Gasteiger partial charge on any atom is 0.306 e. The van der Waals surface area contributed by atoms with Gasteiger partial charge in [-0.15, -0.1) is 0 Å². The van der Waals surface area contributed by atoms with Crippen molar-refractivity contribution in [2.45, 2.75) is 354 Å². The van der Waals surface area contributed by atoms with Crippen molar-refractivity contribution < 1.29 is 28.6 Å². The summed E-state index contributed by atoms with van der Waals surface area (Å²) >= 11 is 0. The number of carbonyl (C=O) groups excluding carboxylic acids is 3. The van der Waals surface area contributed by atoms with E-state index in [1.165, 1.54) is 250 Å². The molecular weight excluding hydrogens is 889 g/mol. The Kier molecular flexibility index (Phi) is 59.2. The van der Waals surface area contributed by atoms with Crippen molar-refractivity contribution in [1.29, 1.82) is 0 Å². The summed E-state index contributed by atoms with van der Waals surface area (Å²) in [5, 5.41) is 0. The molecular formula is C66H122O6. The Morgan fingerprint density at radius 2 is 0.500 bits per heavy atom. The van der Waals surface area contributed by atoms with Gasteiger partial charge in [-0.3, -0.25) is 14.4 Å². The smallest absolute Gasteiger partial charge is 0.306 e. The van der Waals surface area contributed by atoms with Crippen LogP contribution in [0.3, 0.4) is 0 Å². The first kappa shape index (κ1) is 69.6. The van der Waals surface area contributed by atoms with Crippen LogP contribution in [0.4, 0.5) is 0 Å². The average molecular weight is 1010 g/mol. The van der Waals surface area contributed by atoms with Gasteiger partial charge < -0.3 is 14.2 Å². The Morgan fingerprint density at radius 1 is 0.278 bits per heavy atom. The molecule has 0 spiro atoms. The molecule has 0 aromatic rings. The molecule has 6 heteroatoms. The maximum absolute atomic E-state index is 12.9. The standard InChI is InChI=1S/C66H122O6/c1-4-7-10-13-16-19-22-25-28-31-33-35-38-41-44-47-50-53-56-59-65(68)71-62-63(61-70-64(67)58-55-52-49-46-43-40-37-30-27-24-21-18-15-12-9-6-3)72-66(69)60-57-54-51-48-45-42-39-36-34-32-29-26-23-20-17-14-11-8-5-2/h16,19,22,25,32,34,63H,4-15,17-18,20-21,23-24,26-31,33,35-62H2,1-3H3/b19-16-,25-22-,34-32-.